The first-order valence-electron chi connectivity index (χ1n) is 8.58. The molecule has 1 N–H and O–H groups in total. The molecule has 1 aromatic rings. The molecule has 0 bridgehead atoms. The van der Waals surface area contributed by atoms with Crippen molar-refractivity contribution in [2.75, 3.05) is 0 Å². The first-order valence-corrected chi connectivity index (χ1v) is 8.58. The van der Waals surface area contributed by atoms with Crippen LogP contribution in [-0.2, 0) is 6.42 Å². The van der Waals surface area contributed by atoms with Gasteiger partial charge in [-0.3, -0.25) is 0 Å². The van der Waals surface area contributed by atoms with E-state index in [9.17, 15) is 5.11 Å². The maximum Gasteiger partial charge on any atom is 0.118 e. The number of rotatable bonds is 0. The van der Waals surface area contributed by atoms with E-state index in [2.05, 4.69) is 6.07 Å². The number of fused-ring (bicyclic) bond motifs is 3. The standard InChI is InChI=1S/C15H20O.2C2H6/c1-10-8-12-7-6-11-4-2-3-5-13(11)14(12)9-15(10)16;2*1-2/h8-9,11,13,16H,2-7H2,1H3;2*1-2H3. The number of aryl methyl sites for hydroxylation is 2. The topological polar surface area (TPSA) is 20.2 Å². The first-order chi connectivity index (χ1) is 9.75. The van der Waals surface area contributed by atoms with Gasteiger partial charge in [0.15, 0.2) is 0 Å². The third kappa shape index (κ3) is 3.56. The molecule has 3 rings (SSSR count). The number of phenolic OH excluding ortho intramolecular Hbond substituents is 1. The predicted molar refractivity (Wildman–Crippen MR) is 88.6 cm³/mol. The van der Waals surface area contributed by atoms with Gasteiger partial charge in [0, 0.05) is 0 Å². The molecule has 1 fully saturated rings. The molecule has 0 heterocycles. The number of benzene rings is 1. The van der Waals surface area contributed by atoms with E-state index >= 15 is 0 Å². The fourth-order valence-corrected chi connectivity index (χ4v) is 3.64. The molecule has 1 saturated carbocycles. The van der Waals surface area contributed by atoms with Crippen molar-refractivity contribution in [3.63, 3.8) is 0 Å². The molecule has 0 aliphatic heterocycles. The third-order valence-electron chi connectivity index (χ3n) is 4.55. The second kappa shape index (κ2) is 8.34. The van der Waals surface area contributed by atoms with Gasteiger partial charge < -0.3 is 5.11 Å². The molecule has 0 radical (unpaired) electrons. The van der Waals surface area contributed by atoms with Crippen LogP contribution >= 0.6 is 0 Å². The second-order valence-corrected chi connectivity index (χ2v) is 5.53. The minimum Gasteiger partial charge on any atom is -0.508 e. The van der Waals surface area contributed by atoms with Crippen molar-refractivity contribution >= 4 is 0 Å². The lowest BCUT2D eigenvalue weighted by Gasteiger charge is -2.37. The van der Waals surface area contributed by atoms with E-state index in [1.807, 2.05) is 40.7 Å². The van der Waals surface area contributed by atoms with Crippen LogP contribution in [0.25, 0.3) is 0 Å². The van der Waals surface area contributed by atoms with Crippen LogP contribution in [0.5, 0.6) is 5.75 Å². The molecule has 1 heteroatoms. The summed E-state index contributed by atoms with van der Waals surface area (Å²) >= 11 is 0. The van der Waals surface area contributed by atoms with Gasteiger partial charge in [0.1, 0.15) is 5.75 Å². The molecule has 0 spiro atoms. The minimum absolute atomic E-state index is 0.491. The average Bonchev–Trinajstić information content (AvgIpc) is 2.52. The Balaban J connectivity index is 0.000000461. The van der Waals surface area contributed by atoms with Crippen molar-refractivity contribution in [1.82, 2.24) is 0 Å². The lowest BCUT2D eigenvalue weighted by Crippen LogP contribution is -2.24. The Bertz CT molecular complexity index is 408. The van der Waals surface area contributed by atoms with Crippen LogP contribution in [0.4, 0.5) is 0 Å². The van der Waals surface area contributed by atoms with Crippen LogP contribution in [0.3, 0.4) is 0 Å². The van der Waals surface area contributed by atoms with Gasteiger partial charge in [-0.05, 0) is 67.2 Å². The molecule has 1 nitrogen and oxygen atoms in total. The Morgan fingerprint density at radius 1 is 0.950 bits per heavy atom. The number of hydrogen-bond donors (Lipinski definition) is 1. The zero-order valence-corrected chi connectivity index (χ0v) is 14.0. The third-order valence-corrected chi connectivity index (χ3v) is 4.55. The summed E-state index contributed by atoms with van der Waals surface area (Å²) < 4.78 is 0. The van der Waals surface area contributed by atoms with Gasteiger partial charge in [0.2, 0.25) is 0 Å². The van der Waals surface area contributed by atoms with E-state index in [0.717, 1.165) is 17.4 Å². The molecule has 2 aliphatic rings. The number of hydrogen-bond acceptors (Lipinski definition) is 1. The van der Waals surface area contributed by atoms with Crippen molar-refractivity contribution in [2.45, 2.75) is 79.1 Å². The Hall–Kier alpha value is -0.980. The van der Waals surface area contributed by atoms with Gasteiger partial charge in [-0.15, -0.1) is 0 Å². The lowest BCUT2D eigenvalue weighted by atomic mass is 9.68. The Labute approximate surface area is 125 Å². The molecule has 1 aromatic carbocycles. The van der Waals surface area contributed by atoms with Crippen LogP contribution < -0.4 is 0 Å². The van der Waals surface area contributed by atoms with Gasteiger partial charge in [-0.2, -0.15) is 0 Å². The number of phenols is 1. The van der Waals surface area contributed by atoms with E-state index in [1.54, 1.807) is 0 Å². The molecule has 2 unspecified atom stereocenters. The monoisotopic (exact) mass is 276 g/mol. The normalized spacial score (nSPS) is 23.2. The summed E-state index contributed by atoms with van der Waals surface area (Å²) in [6.45, 7) is 10.0. The highest BCUT2D eigenvalue weighted by molar-refractivity contribution is 5.44. The van der Waals surface area contributed by atoms with E-state index in [1.165, 1.54) is 49.7 Å². The zero-order chi connectivity index (χ0) is 15.1. The quantitative estimate of drug-likeness (QED) is 0.618. The predicted octanol–water partition coefficient (Wildman–Crippen LogP) is 5.97. The average molecular weight is 276 g/mol. The highest BCUT2D eigenvalue weighted by Gasteiger charge is 2.31. The van der Waals surface area contributed by atoms with Crippen molar-refractivity contribution in [2.24, 2.45) is 5.92 Å². The molecule has 20 heavy (non-hydrogen) atoms. The van der Waals surface area contributed by atoms with Crippen LogP contribution in [-0.4, -0.2) is 5.11 Å². The summed E-state index contributed by atoms with van der Waals surface area (Å²) in [6.07, 6.45) is 8.10. The lowest BCUT2D eigenvalue weighted by molar-refractivity contribution is 0.275. The van der Waals surface area contributed by atoms with Gasteiger partial charge in [0.05, 0.1) is 0 Å². The van der Waals surface area contributed by atoms with Crippen molar-refractivity contribution < 1.29 is 5.11 Å². The van der Waals surface area contributed by atoms with Crippen LogP contribution in [0, 0.1) is 12.8 Å². The summed E-state index contributed by atoms with van der Waals surface area (Å²) in [4.78, 5) is 0. The fraction of sp³-hybridized carbons (Fsp3) is 0.684. The molecular formula is C19H32O. The summed E-state index contributed by atoms with van der Waals surface area (Å²) in [5.74, 6) is 2.12. The van der Waals surface area contributed by atoms with Gasteiger partial charge in [-0.1, -0.05) is 46.6 Å². The van der Waals surface area contributed by atoms with Gasteiger partial charge in [0.25, 0.3) is 0 Å². The van der Waals surface area contributed by atoms with Gasteiger partial charge >= 0.3 is 0 Å². The van der Waals surface area contributed by atoms with Crippen LogP contribution in [0.1, 0.15) is 82.4 Å². The number of aromatic hydroxyl groups is 1. The SMILES string of the molecule is CC.CC.Cc1cc2c(cc1O)C1CCCCC1CC2. The Morgan fingerprint density at radius 2 is 1.60 bits per heavy atom. The Kier molecular flexibility index (Phi) is 7.12. The van der Waals surface area contributed by atoms with E-state index < -0.39 is 0 Å². The highest BCUT2D eigenvalue weighted by atomic mass is 16.3. The van der Waals surface area contributed by atoms with E-state index in [-0.39, 0.29) is 0 Å². The van der Waals surface area contributed by atoms with Crippen molar-refractivity contribution in [1.29, 1.82) is 0 Å². The first kappa shape index (κ1) is 17.1. The second-order valence-electron chi connectivity index (χ2n) is 5.53. The molecule has 2 atom stereocenters. The van der Waals surface area contributed by atoms with Crippen LogP contribution in [0.15, 0.2) is 12.1 Å². The molecule has 0 amide bonds. The maximum atomic E-state index is 9.87. The minimum atomic E-state index is 0.491. The molecule has 0 saturated heterocycles. The van der Waals surface area contributed by atoms with Gasteiger partial charge in [-0.25, -0.2) is 0 Å². The molecular weight excluding hydrogens is 244 g/mol. The van der Waals surface area contributed by atoms with Crippen molar-refractivity contribution in [3.05, 3.63) is 28.8 Å². The summed E-state index contributed by atoms with van der Waals surface area (Å²) in [5, 5.41) is 9.87. The summed E-state index contributed by atoms with van der Waals surface area (Å²) in [7, 11) is 0. The molecule has 114 valence electrons. The fourth-order valence-electron chi connectivity index (χ4n) is 3.64. The summed E-state index contributed by atoms with van der Waals surface area (Å²) in [6, 6.07) is 4.25. The Morgan fingerprint density at radius 3 is 2.30 bits per heavy atom. The highest BCUT2D eigenvalue weighted by Crippen LogP contribution is 2.46. The molecule has 2 aliphatic carbocycles. The summed E-state index contributed by atoms with van der Waals surface area (Å²) in [5.41, 5.74) is 3.99. The largest absolute Gasteiger partial charge is 0.508 e. The smallest absolute Gasteiger partial charge is 0.118 e. The zero-order valence-electron chi connectivity index (χ0n) is 14.0. The van der Waals surface area contributed by atoms with Crippen LogP contribution in [0.2, 0.25) is 0 Å². The van der Waals surface area contributed by atoms with E-state index in [0.29, 0.717) is 5.75 Å². The molecule has 0 aromatic heterocycles. The van der Waals surface area contributed by atoms with E-state index in [4.69, 9.17) is 0 Å². The van der Waals surface area contributed by atoms with Crippen molar-refractivity contribution in [3.8, 4) is 5.75 Å². The maximum absolute atomic E-state index is 9.87.